The summed E-state index contributed by atoms with van der Waals surface area (Å²) in [6, 6.07) is 9.88. The lowest BCUT2D eigenvalue weighted by Gasteiger charge is -2.43. The molecule has 0 radical (unpaired) electrons. The number of hydrogen-bond acceptors (Lipinski definition) is 8. The quantitative estimate of drug-likeness (QED) is 0.368. The highest BCUT2D eigenvalue weighted by Crippen LogP contribution is 2.37. The number of piperidine rings is 1. The van der Waals surface area contributed by atoms with Crippen LogP contribution in [0.4, 0.5) is 23.0 Å². The van der Waals surface area contributed by atoms with Crippen LogP contribution in [0, 0.1) is 0 Å². The van der Waals surface area contributed by atoms with Crippen molar-refractivity contribution in [3.05, 3.63) is 53.9 Å². The maximum atomic E-state index is 13.9. The molecule has 0 bridgehead atoms. The average Bonchev–Trinajstić information content (AvgIpc) is 3.37. The molecule has 3 aromatic rings. The number of nitrogens with one attached hydrogen (secondary N) is 1. The zero-order valence-electron chi connectivity index (χ0n) is 24.4. The van der Waals surface area contributed by atoms with Gasteiger partial charge < -0.3 is 24.6 Å². The fraction of sp³-hybridized carbons (Fsp3) is 0.500. The molecule has 4 heterocycles. The van der Waals surface area contributed by atoms with Crippen LogP contribution in [0.3, 0.4) is 0 Å². The number of ether oxygens (including phenoxy) is 2. The lowest BCUT2D eigenvalue weighted by molar-refractivity contribution is -0.246. The Hall–Kier alpha value is -3.58. The van der Waals surface area contributed by atoms with Gasteiger partial charge in [-0.25, -0.2) is 4.79 Å². The van der Waals surface area contributed by atoms with Crippen molar-refractivity contribution in [3.63, 3.8) is 0 Å². The van der Waals surface area contributed by atoms with Crippen LogP contribution in [0.15, 0.2) is 42.7 Å². The summed E-state index contributed by atoms with van der Waals surface area (Å²) in [5.41, 5.74) is -0.853. The highest BCUT2D eigenvalue weighted by molar-refractivity contribution is 7.23. The van der Waals surface area contributed by atoms with E-state index in [1.807, 2.05) is 35.2 Å². The van der Waals surface area contributed by atoms with Gasteiger partial charge in [-0.05, 0) is 50.5 Å². The van der Waals surface area contributed by atoms with E-state index in [2.05, 4.69) is 15.2 Å². The lowest BCUT2D eigenvalue weighted by Crippen LogP contribution is -2.55. The molecule has 0 spiro atoms. The van der Waals surface area contributed by atoms with Crippen molar-refractivity contribution in [2.75, 3.05) is 51.7 Å². The summed E-state index contributed by atoms with van der Waals surface area (Å²) in [5.74, 6) is 0.741. The summed E-state index contributed by atoms with van der Waals surface area (Å²) in [7, 11) is 1.63. The van der Waals surface area contributed by atoms with Crippen molar-refractivity contribution in [3.8, 4) is 5.75 Å². The number of pyridine rings is 1. The van der Waals surface area contributed by atoms with Crippen molar-refractivity contribution in [1.82, 2.24) is 19.7 Å². The number of carbonyl (C=O) groups is 2. The zero-order valence-corrected chi connectivity index (χ0v) is 25.3. The van der Waals surface area contributed by atoms with Gasteiger partial charge in [-0.1, -0.05) is 12.1 Å². The monoisotopic (exact) mass is 619 g/mol. The molecule has 0 unspecified atom stereocenters. The summed E-state index contributed by atoms with van der Waals surface area (Å²) in [4.78, 5) is 36.0. The Labute approximate surface area is 252 Å². The van der Waals surface area contributed by atoms with Crippen LogP contribution in [-0.2, 0) is 11.3 Å². The number of benzene rings is 1. The van der Waals surface area contributed by atoms with Crippen LogP contribution in [0.5, 0.6) is 5.75 Å². The standard InChI is InChI=1S/C30H36F3N5O4S/c1-29(2,30(31,32)33)42-28(40)38-12-9-21(10-13-38)36-14-16-37(17-15-36)27(39)25-23-19-34-11-8-24(23)43-26(25)35-18-20-4-6-22(41-3)7-5-20/h4-8,11,19,21,35H,9-10,12-18H2,1-3H3. The van der Waals surface area contributed by atoms with Crippen molar-refractivity contribution in [1.29, 1.82) is 0 Å². The van der Waals surface area contributed by atoms with Gasteiger partial charge >= 0.3 is 12.3 Å². The fourth-order valence-corrected chi connectivity index (χ4v) is 6.46. The molecule has 1 N–H and O–H groups in total. The first kappa shape index (κ1) is 30.9. The number of likely N-dealkylation sites (tertiary alicyclic amines) is 1. The number of hydrogen-bond donors (Lipinski definition) is 1. The molecule has 2 aliphatic heterocycles. The summed E-state index contributed by atoms with van der Waals surface area (Å²) < 4.78 is 50.4. The Morgan fingerprint density at radius 3 is 2.30 bits per heavy atom. The molecule has 2 saturated heterocycles. The molecule has 43 heavy (non-hydrogen) atoms. The molecule has 2 amide bonds. The SMILES string of the molecule is COc1ccc(CNc2sc3ccncc3c2C(=O)N2CCN(C3CCN(C(=O)OC(C)(C)C(F)(F)F)CC3)CC2)cc1. The minimum atomic E-state index is -4.64. The van der Waals surface area contributed by atoms with Gasteiger partial charge in [-0.3, -0.25) is 14.7 Å². The summed E-state index contributed by atoms with van der Waals surface area (Å²) in [6.45, 7) is 5.38. The number of thiophene rings is 1. The highest BCUT2D eigenvalue weighted by atomic mass is 32.1. The average molecular weight is 620 g/mol. The maximum Gasteiger partial charge on any atom is 0.427 e. The Morgan fingerprint density at radius 1 is 1.00 bits per heavy atom. The van der Waals surface area contributed by atoms with E-state index >= 15 is 0 Å². The summed E-state index contributed by atoms with van der Waals surface area (Å²) in [5, 5.41) is 5.09. The van der Waals surface area contributed by atoms with E-state index in [9.17, 15) is 22.8 Å². The van der Waals surface area contributed by atoms with Crippen molar-refractivity contribution < 1.29 is 32.2 Å². The minimum absolute atomic E-state index is 0.0408. The molecule has 5 rings (SSSR count). The lowest BCUT2D eigenvalue weighted by atomic mass is 10.0. The van der Waals surface area contributed by atoms with E-state index in [1.54, 1.807) is 19.5 Å². The minimum Gasteiger partial charge on any atom is -0.497 e. The number of carbonyl (C=O) groups excluding carboxylic acids is 2. The number of aromatic nitrogens is 1. The molecule has 9 nitrogen and oxygen atoms in total. The van der Waals surface area contributed by atoms with Crippen molar-refractivity contribution in [2.24, 2.45) is 0 Å². The van der Waals surface area contributed by atoms with Crippen molar-refractivity contribution >= 4 is 38.4 Å². The number of piperazine rings is 1. The van der Waals surface area contributed by atoms with E-state index in [4.69, 9.17) is 9.47 Å². The van der Waals surface area contributed by atoms with Gasteiger partial charge in [-0.2, -0.15) is 13.2 Å². The van der Waals surface area contributed by atoms with E-state index in [0.29, 0.717) is 64.2 Å². The van der Waals surface area contributed by atoms with Crippen LogP contribution in [-0.4, -0.2) is 95.9 Å². The number of rotatable bonds is 7. The third-order valence-electron chi connectivity index (χ3n) is 8.18. The van der Waals surface area contributed by atoms with Gasteiger partial charge in [0.25, 0.3) is 5.91 Å². The first-order valence-electron chi connectivity index (χ1n) is 14.3. The van der Waals surface area contributed by atoms with E-state index in [0.717, 1.165) is 40.2 Å². The number of anilines is 1. The number of nitrogens with zero attached hydrogens (tertiary/aromatic N) is 4. The van der Waals surface area contributed by atoms with Gasteiger partial charge in [0, 0.05) is 74.3 Å². The number of halogens is 3. The molecule has 1 aromatic carbocycles. The van der Waals surface area contributed by atoms with Gasteiger partial charge in [0.15, 0.2) is 0 Å². The topological polar surface area (TPSA) is 87.2 Å². The van der Waals surface area contributed by atoms with Crippen LogP contribution in [0.25, 0.3) is 10.1 Å². The first-order valence-corrected chi connectivity index (χ1v) is 15.1. The highest BCUT2D eigenvalue weighted by Gasteiger charge is 2.51. The van der Waals surface area contributed by atoms with Crippen LogP contribution in [0.1, 0.15) is 42.6 Å². The maximum absolute atomic E-state index is 13.9. The molecular formula is C30H36F3N5O4S. The largest absolute Gasteiger partial charge is 0.497 e. The van der Waals surface area contributed by atoms with E-state index in [-0.39, 0.29) is 11.9 Å². The predicted molar refractivity (Wildman–Crippen MR) is 159 cm³/mol. The molecule has 232 valence electrons. The molecule has 0 atom stereocenters. The van der Waals surface area contributed by atoms with Gasteiger partial charge in [-0.15, -0.1) is 11.3 Å². The normalized spacial score (nSPS) is 17.3. The van der Waals surface area contributed by atoms with Crippen LogP contribution < -0.4 is 10.1 Å². The molecule has 2 fully saturated rings. The number of amides is 2. The summed E-state index contributed by atoms with van der Waals surface area (Å²) in [6.07, 6.45) is -0.850. The molecular weight excluding hydrogens is 583 g/mol. The van der Waals surface area contributed by atoms with Crippen LogP contribution >= 0.6 is 11.3 Å². The Balaban J connectivity index is 1.18. The van der Waals surface area contributed by atoms with Gasteiger partial charge in [0.2, 0.25) is 5.60 Å². The first-order chi connectivity index (χ1) is 20.5. The van der Waals surface area contributed by atoms with Crippen molar-refractivity contribution in [2.45, 2.75) is 51.1 Å². The predicted octanol–water partition coefficient (Wildman–Crippen LogP) is 5.62. The zero-order chi connectivity index (χ0) is 30.8. The smallest absolute Gasteiger partial charge is 0.427 e. The third-order valence-corrected chi connectivity index (χ3v) is 9.31. The molecule has 2 aromatic heterocycles. The summed E-state index contributed by atoms with van der Waals surface area (Å²) >= 11 is 1.53. The molecule has 13 heteroatoms. The van der Waals surface area contributed by atoms with Gasteiger partial charge in [0.1, 0.15) is 10.8 Å². The fourth-order valence-electron chi connectivity index (χ4n) is 5.41. The van der Waals surface area contributed by atoms with E-state index < -0.39 is 17.9 Å². The third kappa shape index (κ3) is 6.82. The number of methoxy groups -OCH3 is 1. The van der Waals surface area contributed by atoms with Crippen LogP contribution in [0.2, 0.25) is 0 Å². The second-order valence-electron chi connectivity index (χ2n) is 11.3. The second kappa shape index (κ2) is 12.6. The van der Waals surface area contributed by atoms with Gasteiger partial charge in [0.05, 0.1) is 12.7 Å². The molecule has 0 saturated carbocycles. The number of alkyl halides is 3. The Kier molecular flexibility index (Phi) is 9.02. The molecule has 0 aliphatic carbocycles. The molecule has 2 aliphatic rings. The Morgan fingerprint density at radius 2 is 1.67 bits per heavy atom. The second-order valence-corrected chi connectivity index (χ2v) is 12.4. The Bertz CT molecular complexity index is 1430. The number of fused-ring (bicyclic) bond motifs is 1. The van der Waals surface area contributed by atoms with E-state index in [1.165, 1.54) is 16.2 Å².